The molecular weight excluding hydrogens is 951 g/mol. The quantitative estimate of drug-likeness (QED) is 0.134. The summed E-state index contributed by atoms with van der Waals surface area (Å²) in [5.41, 5.74) is -0.451. The van der Waals surface area contributed by atoms with Crippen molar-refractivity contribution in [1.29, 1.82) is 0 Å². The number of hydrogen-bond acceptors (Lipinski definition) is 9. The number of carbonyl (C=O) groups excluding carboxylic acids is 3. The van der Waals surface area contributed by atoms with Crippen molar-refractivity contribution in [2.24, 2.45) is 5.14 Å². The van der Waals surface area contributed by atoms with Crippen LogP contribution in [0.3, 0.4) is 0 Å². The lowest BCUT2D eigenvalue weighted by Gasteiger charge is -2.30. The fraction of sp³-hybridized carbons (Fsp3) is 0.184. The zero-order chi connectivity index (χ0) is 45.7. The molecule has 15 nitrogen and oxygen atoms in total. The molecule has 3 N–H and O–H groups in total. The van der Waals surface area contributed by atoms with Crippen molar-refractivity contribution in [3.05, 3.63) is 116 Å². The summed E-state index contributed by atoms with van der Waals surface area (Å²) >= 11 is 35.4. The van der Waals surface area contributed by atoms with Gasteiger partial charge in [-0.3, -0.25) is 24.2 Å². The topological polar surface area (TPSA) is 179 Å². The van der Waals surface area contributed by atoms with Gasteiger partial charge in [0.25, 0.3) is 21.8 Å². The minimum absolute atomic E-state index is 0.0381. The molecule has 0 spiro atoms. The van der Waals surface area contributed by atoms with Crippen LogP contribution >= 0.6 is 70.8 Å². The zero-order valence-corrected chi connectivity index (χ0v) is 38.5. The van der Waals surface area contributed by atoms with Crippen molar-refractivity contribution in [1.82, 2.24) is 4.72 Å². The van der Waals surface area contributed by atoms with Crippen LogP contribution in [0.25, 0.3) is 9.69 Å². The summed E-state index contributed by atoms with van der Waals surface area (Å²) in [5.74, 6) is -1.50. The lowest BCUT2D eigenvalue weighted by molar-refractivity contribution is -0.121. The van der Waals surface area contributed by atoms with Crippen LogP contribution in [0.2, 0.25) is 20.1 Å². The lowest BCUT2D eigenvalue weighted by atomic mass is 10.0. The molecule has 2 heterocycles. The average molecular weight is 981 g/mol. The third-order valence-corrected chi connectivity index (χ3v) is 13.8. The number of primary sulfonamides is 1. The second kappa shape index (κ2) is 17.1. The Labute approximate surface area is 382 Å². The molecule has 23 heteroatoms. The van der Waals surface area contributed by atoms with Crippen molar-refractivity contribution < 1.29 is 31.2 Å². The minimum atomic E-state index is -4.24. The molecule has 2 aliphatic rings. The van der Waals surface area contributed by atoms with E-state index < -0.39 is 37.0 Å². The Kier molecular flexibility index (Phi) is 13.2. The Morgan fingerprint density at radius 1 is 0.639 bits per heavy atom. The molecule has 4 aromatic carbocycles. The first-order valence-electron chi connectivity index (χ1n) is 17.1. The number of nitrogens with one attached hydrogen (secondary N) is 1. The van der Waals surface area contributed by atoms with Crippen molar-refractivity contribution in [3.8, 4) is 0 Å². The summed E-state index contributed by atoms with van der Waals surface area (Å²) in [5, 5.41) is 5.65. The summed E-state index contributed by atoms with van der Waals surface area (Å²) in [6.07, 6.45) is 0. The number of nitrogens with two attached hydrogens (primary N) is 1. The van der Waals surface area contributed by atoms with E-state index in [9.17, 15) is 31.2 Å². The molecule has 2 aliphatic heterocycles. The third-order valence-electron chi connectivity index (χ3n) is 9.18. The largest absolute Gasteiger partial charge is 0.303 e. The highest BCUT2D eigenvalue weighted by molar-refractivity contribution is 7.90. The number of amides is 3. The van der Waals surface area contributed by atoms with Crippen LogP contribution in [-0.4, -0.2) is 55.9 Å². The Morgan fingerprint density at radius 2 is 1.00 bits per heavy atom. The van der Waals surface area contributed by atoms with Gasteiger partial charge in [0.2, 0.25) is 27.3 Å². The molecule has 0 unspecified atom stereocenters. The summed E-state index contributed by atoms with van der Waals surface area (Å²) in [6, 6.07) is 17.4. The van der Waals surface area contributed by atoms with E-state index in [1.807, 2.05) is 4.72 Å². The second-order valence-corrected chi connectivity index (χ2v) is 19.6. The van der Waals surface area contributed by atoms with Gasteiger partial charge in [-0.15, -0.1) is 0 Å². The standard InChI is InChI=1S/C20H16Cl2N4O4S2.C18H14Cl2N4O3S2/c1-11(27)24-32(29,30)17-10-13(5-7-14(17)21)26-19(31)25(18(28)20(26,2)3)12-6-8-16(23-4)15(22)9-12;1-18(2)16(25)23(10-5-7-14(22-3)13(20)8-10)17(28)24(18)11-4-6-12(19)15(9-11)29(21,26)27/h5-10H,1-3H3,(H,24,27);4-9H,1-2H3,(H2,21,26,27). The van der Waals surface area contributed by atoms with Crippen LogP contribution in [0.1, 0.15) is 34.6 Å². The van der Waals surface area contributed by atoms with Gasteiger partial charge in [0.15, 0.2) is 10.2 Å². The molecule has 316 valence electrons. The van der Waals surface area contributed by atoms with Gasteiger partial charge in [0.05, 0.1) is 34.6 Å². The molecule has 6 rings (SSSR count). The molecule has 0 saturated carbocycles. The summed E-state index contributed by atoms with van der Waals surface area (Å²) in [6.45, 7) is 21.9. The SMILES string of the molecule is [C-]#[N+]c1ccc(N2C(=O)C(C)(C)N(c3ccc(Cl)c(S(=O)(=O)NC(C)=O)c3)C2=S)cc1Cl.[C-]#[N+]c1ccc(N2C(=O)C(C)(C)N(c3ccc(Cl)c(S(N)(=O)=O)c3)C2=S)cc1Cl. The number of thiocarbonyl (C=S) groups is 2. The number of anilines is 4. The lowest BCUT2D eigenvalue weighted by Crippen LogP contribution is -2.44. The molecule has 2 fully saturated rings. The molecule has 0 radical (unpaired) electrons. The van der Waals surface area contributed by atoms with Gasteiger partial charge in [-0.2, -0.15) is 0 Å². The Morgan fingerprint density at radius 3 is 1.34 bits per heavy atom. The molecule has 3 amide bonds. The number of sulfonamides is 2. The predicted molar refractivity (Wildman–Crippen MR) is 244 cm³/mol. The van der Waals surface area contributed by atoms with Gasteiger partial charge in [-0.25, -0.2) is 36.4 Å². The first kappa shape index (κ1) is 47.1. The molecule has 4 aromatic rings. The summed E-state index contributed by atoms with van der Waals surface area (Å²) in [4.78, 5) is 49.3. The Bertz CT molecular complexity index is 2920. The van der Waals surface area contributed by atoms with E-state index in [0.717, 1.165) is 6.92 Å². The highest BCUT2D eigenvalue weighted by Gasteiger charge is 2.52. The van der Waals surface area contributed by atoms with Crippen LogP contribution < -0.4 is 29.5 Å². The van der Waals surface area contributed by atoms with Crippen molar-refractivity contribution in [2.45, 2.75) is 55.5 Å². The summed E-state index contributed by atoms with van der Waals surface area (Å²) < 4.78 is 50.6. The van der Waals surface area contributed by atoms with E-state index in [0.29, 0.717) is 17.1 Å². The van der Waals surface area contributed by atoms with Crippen molar-refractivity contribution in [2.75, 3.05) is 19.6 Å². The fourth-order valence-electron chi connectivity index (χ4n) is 6.29. The highest BCUT2D eigenvalue weighted by Crippen LogP contribution is 2.42. The van der Waals surface area contributed by atoms with Gasteiger partial charge in [0, 0.05) is 28.3 Å². The molecule has 0 aromatic heterocycles. The van der Waals surface area contributed by atoms with Gasteiger partial charge >= 0.3 is 0 Å². The Balaban J connectivity index is 0.000000232. The Hall–Kier alpha value is -4.93. The first-order chi connectivity index (χ1) is 28.2. The van der Waals surface area contributed by atoms with E-state index >= 15 is 0 Å². The number of benzene rings is 4. The highest BCUT2D eigenvalue weighted by atomic mass is 35.5. The van der Waals surface area contributed by atoms with Crippen LogP contribution in [0, 0.1) is 13.1 Å². The van der Waals surface area contributed by atoms with Crippen LogP contribution in [0.4, 0.5) is 34.1 Å². The average Bonchev–Trinajstić information content (AvgIpc) is 3.45. The van der Waals surface area contributed by atoms with Gasteiger partial charge in [0.1, 0.15) is 20.9 Å². The molecule has 2 saturated heterocycles. The number of carbonyl (C=O) groups is 3. The molecule has 0 bridgehead atoms. The smallest absolute Gasteiger partial charge is 0.265 e. The first-order valence-corrected chi connectivity index (χ1v) is 22.4. The van der Waals surface area contributed by atoms with Crippen molar-refractivity contribution >= 4 is 153 Å². The molecule has 61 heavy (non-hydrogen) atoms. The number of halogens is 4. The van der Waals surface area contributed by atoms with E-state index in [-0.39, 0.29) is 69.0 Å². The monoisotopic (exact) mass is 978 g/mol. The third kappa shape index (κ3) is 8.89. The van der Waals surface area contributed by atoms with Gasteiger partial charge in [-0.05, 0) is 113 Å². The van der Waals surface area contributed by atoms with Crippen LogP contribution in [-0.2, 0) is 34.4 Å². The number of nitrogens with zero attached hydrogens (tertiary/aromatic N) is 6. The maximum Gasteiger partial charge on any atom is 0.265 e. The molecule has 0 atom stereocenters. The maximum atomic E-state index is 13.3. The summed E-state index contributed by atoms with van der Waals surface area (Å²) in [7, 11) is -8.31. The fourth-order valence-corrected chi connectivity index (χ4v) is 10.3. The van der Waals surface area contributed by atoms with Crippen LogP contribution in [0.15, 0.2) is 82.6 Å². The maximum absolute atomic E-state index is 13.3. The van der Waals surface area contributed by atoms with Gasteiger partial charge in [-0.1, -0.05) is 58.5 Å². The van der Waals surface area contributed by atoms with E-state index in [4.69, 9.17) is 89.1 Å². The van der Waals surface area contributed by atoms with Crippen molar-refractivity contribution in [3.63, 3.8) is 0 Å². The minimum Gasteiger partial charge on any atom is -0.303 e. The number of hydrogen-bond donors (Lipinski definition) is 2. The predicted octanol–water partition coefficient (Wildman–Crippen LogP) is 8.39. The molecular formula is C38H30Cl4N8O7S4. The van der Waals surface area contributed by atoms with E-state index in [2.05, 4.69) is 9.69 Å². The zero-order valence-electron chi connectivity index (χ0n) is 32.2. The van der Waals surface area contributed by atoms with E-state index in [1.165, 1.54) is 74.2 Å². The normalized spacial score (nSPS) is 15.9. The number of rotatable bonds is 7. The van der Waals surface area contributed by atoms with Gasteiger partial charge < -0.3 is 9.80 Å². The van der Waals surface area contributed by atoms with Crippen LogP contribution in [0.5, 0.6) is 0 Å². The molecule has 0 aliphatic carbocycles. The van der Waals surface area contributed by atoms with E-state index in [1.54, 1.807) is 45.9 Å². The second-order valence-electron chi connectivity index (χ2n) is 14.1.